The maximum absolute atomic E-state index is 6.19. The molecule has 0 aliphatic heterocycles. The quantitative estimate of drug-likeness (QED) is 0.643. The van der Waals surface area contributed by atoms with Gasteiger partial charge in [-0.15, -0.1) is 0 Å². The highest BCUT2D eigenvalue weighted by Gasteiger charge is 2.11. The second kappa shape index (κ2) is 7.44. The summed E-state index contributed by atoms with van der Waals surface area (Å²) in [5.41, 5.74) is 4.51. The zero-order valence-electron chi connectivity index (χ0n) is 12.7. The van der Waals surface area contributed by atoms with Crippen LogP contribution in [-0.4, -0.2) is 5.11 Å². The Morgan fingerprint density at radius 3 is 2.59 bits per heavy atom. The number of aryl methyl sites for hydroxylation is 2. The summed E-state index contributed by atoms with van der Waals surface area (Å²) in [6.07, 6.45) is 0. The van der Waals surface area contributed by atoms with E-state index in [1.165, 1.54) is 16.7 Å². The van der Waals surface area contributed by atoms with Crippen LogP contribution < -0.4 is 10.6 Å². The van der Waals surface area contributed by atoms with Gasteiger partial charge in [0.1, 0.15) is 0 Å². The van der Waals surface area contributed by atoms with Crippen molar-refractivity contribution in [3.05, 3.63) is 62.6 Å². The van der Waals surface area contributed by atoms with E-state index >= 15 is 0 Å². The highest BCUT2D eigenvalue weighted by Crippen LogP contribution is 2.26. The second-order valence-corrected chi connectivity index (χ2v) is 7.04. The third-order valence-electron chi connectivity index (χ3n) is 3.43. The maximum atomic E-state index is 6.19. The number of rotatable bonds is 3. The number of nitrogens with one attached hydrogen (secondary N) is 2. The summed E-state index contributed by atoms with van der Waals surface area (Å²) >= 11 is 15.0. The molecule has 2 nitrogen and oxygen atoms in total. The molecule has 0 amide bonds. The molecule has 0 aliphatic rings. The van der Waals surface area contributed by atoms with Crippen LogP contribution in [0.1, 0.15) is 29.7 Å². The van der Waals surface area contributed by atoms with Gasteiger partial charge in [0.15, 0.2) is 5.11 Å². The van der Waals surface area contributed by atoms with E-state index < -0.39 is 0 Å². The molecule has 0 radical (unpaired) electrons. The lowest BCUT2D eigenvalue weighted by molar-refractivity contribution is 0.716. The first-order valence-electron chi connectivity index (χ1n) is 6.96. The first kappa shape index (κ1) is 17.3. The Bertz CT molecular complexity index is 703. The minimum absolute atomic E-state index is 0.120. The largest absolute Gasteiger partial charge is 0.356 e. The van der Waals surface area contributed by atoms with Gasteiger partial charge in [0.25, 0.3) is 0 Å². The van der Waals surface area contributed by atoms with Crippen molar-refractivity contribution in [2.24, 2.45) is 0 Å². The zero-order chi connectivity index (χ0) is 16.3. The first-order chi connectivity index (χ1) is 10.4. The van der Waals surface area contributed by atoms with Crippen molar-refractivity contribution >= 4 is 50.5 Å². The average molecular weight is 398 g/mol. The average Bonchev–Trinajstić information content (AvgIpc) is 2.44. The van der Waals surface area contributed by atoms with Crippen LogP contribution in [0.3, 0.4) is 0 Å². The molecule has 5 heteroatoms. The molecule has 0 saturated heterocycles. The van der Waals surface area contributed by atoms with Crippen molar-refractivity contribution in [3.8, 4) is 0 Å². The van der Waals surface area contributed by atoms with Gasteiger partial charge in [-0.05, 0) is 62.3 Å². The fourth-order valence-electron chi connectivity index (χ4n) is 2.25. The molecule has 0 bridgehead atoms. The van der Waals surface area contributed by atoms with E-state index in [0.717, 1.165) is 10.2 Å². The summed E-state index contributed by atoms with van der Waals surface area (Å²) in [6.45, 7) is 6.29. The monoisotopic (exact) mass is 396 g/mol. The molecule has 2 aromatic carbocycles. The molecule has 0 fully saturated rings. The van der Waals surface area contributed by atoms with E-state index in [1.54, 1.807) is 0 Å². The first-order valence-corrected chi connectivity index (χ1v) is 8.54. The van der Waals surface area contributed by atoms with Gasteiger partial charge in [0.05, 0.1) is 16.8 Å². The number of hydrogen-bond acceptors (Lipinski definition) is 1. The summed E-state index contributed by atoms with van der Waals surface area (Å²) in [7, 11) is 0. The van der Waals surface area contributed by atoms with Crippen LogP contribution in [0.15, 0.2) is 40.9 Å². The minimum Gasteiger partial charge on any atom is -0.356 e. The molecule has 1 atom stereocenters. The van der Waals surface area contributed by atoms with Gasteiger partial charge in [-0.1, -0.05) is 51.3 Å². The predicted molar refractivity (Wildman–Crippen MR) is 103 cm³/mol. The van der Waals surface area contributed by atoms with Crippen molar-refractivity contribution in [1.29, 1.82) is 0 Å². The normalized spacial score (nSPS) is 11.9. The Kier molecular flexibility index (Phi) is 5.84. The van der Waals surface area contributed by atoms with Crippen LogP contribution in [-0.2, 0) is 0 Å². The summed E-state index contributed by atoms with van der Waals surface area (Å²) < 4.78 is 0.936. The highest BCUT2D eigenvalue weighted by atomic mass is 79.9. The third-order valence-corrected chi connectivity index (χ3v) is 4.45. The Hall–Kier alpha value is -1.10. The van der Waals surface area contributed by atoms with Crippen molar-refractivity contribution in [1.82, 2.24) is 5.32 Å². The van der Waals surface area contributed by atoms with Crippen LogP contribution in [0.5, 0.6) is 0 Å². The predicted octanol–water partition coefficient (Wildman–Crippen LogP) is 5.77. The molecular weight excluding hydrogens is 380 g/mol. The van der Waals surface area contributed by atoms with E-state index in [4.69, 9.17) is 23.8 Å². The smallest absolute Gasteiger partial charge is 0.171 e. The Morgan fingerprint density at radius 2 is 1.91 bits per heavy atom. The summed E-state index contributed by atoms with van der Waals surface area (Å²) in [5, 5.41) is 7.62. The van der Waals surface area contributed by atoms with Crippen LogP contribution in [0.25, 0.3) is 0 Å². The van der Waals surface area contributed by atoms with Gasteiger partial charge in [-0.2, -0.15) is 0 Å². The lowest BCUT2D eigenvalue weighted by atomic mass is 10.0. The molecule has 0 spiro atoms. The molecule has 22 heavy (non-hydrogen) atoms. The van der Waals surface area contributed by atoms with Crippen LogP contribution >= 0.6 is 39.7 Å². The Morgan fingerprint density at radius 1 is 1.18 bits per heavy atom. The SMILES string of the molecule is Cc1ccc(C)c(C(C)NC(=S)Nc2ccc(Br)cc2Cl)c1. The second-order valence-electron chi connectivity index (χ2n) is 5.30. The summed E-state index contributed by atoms with van der Waals surface area (Å²) in [6, 6.07) is 12.2. The van der Waals surface area contributed by atoms with Crippen molar-refractivity contribution < 1.29 is 0 Å². The molecule has 2 rings (SSSR count). The fourth-order valence-corrected chi connectivity index (χ4v) is 3.26. The van der Waals surface area contributed by atoms with Crippen molar-refractivity contribution in [2.75, 3.05) is 5.32 Å². The van der Waals surface area contributed by atoms with Gasteiger partial charge in [0, 0.05) is 4.47 Å². The van der Waals surface area contributed by atoms with Gasteiger partial charge < -0.3 is 10.6 Å². The molecule has 0 aromatic heterocycles. The molecule has 0 aliphatic carbocycles. The van der Waals surface area contributed by atoms with Gasteiger partial charge in [-0.25, -0.2) is 0 Å². The van der Waals surface area contributed by atoms with Gasteiger partial charge >= 0.3 is 0 Å². The van der Waals surface area contributed by atoms with Crippen molar-refractivity contribution in [3.63, 3.8) is 0 Å². The lowest BCUT2D eigenvalue weighted by Crippen LogP contribution is -2.31. The topological polar surface area (TPSA) is 24.1 Å². The molecule has 2 N–H and O–H groups in total. The van der Waals surface area contributed by atoms with Gasteiger partial charge in [-0.3, -0.25) is 0 Å². The van der Waals surface area contributed by atoms with Crippen molar-refractivity contribution in [2.45, 2.75) is 26.8 Å². The highest BCUT2D eigenvalue weighted by molar-refractivity contribution is 9.10. The lowest BCUT2D eigenvalue weighted by Gasteiger charge is -2.20. The van der Waals surface area contributed by atoms with E-state index in [1.807, 2.05) is 18.2 Å². The molecule has 2 aromatic rings. The fraction of sp³-hybridized carbons (Fsp3) is 0.235. The van der Waals surface area contributed by atoms with Crippen LogP contribution in [0.4, 0.5) is 5.69 Å². The Labute approximate surface area is 150 Å². The number of anilines is 1. The number of thiocarbonyl (C=S) groups is 1. The maximum Gasteiger partial charge on any atom is 0.171 e. The molecule has 0 saturated carbocycles. The molecule has 1 unspecified atom stereocenters. The number of hydrogen-bond donors (Lipinski definition) is 2. The molecular formula is C17H18BrClN2S. The molecule has 116 valence electrons. The zero-order valence-corrected chi connectivity index (χ0v) is 15.9. The van der Waals surface area contributed by atoms with Crippen LogP contribution in [0.2, 0.25) is 5.02 Å². The van der Waals surface area contributed by atoms with E-state index in [-0.39, 0.29) is 6.04 Å². The number of halogens is 2. The third kappa shape index (κ3) is 4.45. The Balaban J connectivity index is 2.06. The van der Waals surface area contributed by atoms with Gasteiger partial charge in [0.2, 0.25) is 0 Å². The summed E-state index contributed by atoms with van der Waals surface area (Å²) in [5.74, 6) is 0. The van der Waals surface area contributed by atoms with E-state index in [0.29, 0.717) is 10.1 Å². The molecule has 0 heterocycles. The number of benzene rings is 2. The minimum atomic E-state index is 0.120. The summed E-state index contributed by atoms with van der Waals surface area (Å²) in [4.78, 5) is 0. The van der Waals surface area contributed by atoms with Crippen LogP contribution in [0, 0.1) is 13.8 Å². The van der Waals surface area contributed by atoms with E-state index in [9.17, 15) is 0 Å². The standard InChI is InChI=1S/C17H18BrClN2S/c1-10-4-5-11(2)14(8-10)12(3)20-17(22)21-16-7-6-13(18)9-15(16)19/h4-9,12H,1-3H3,(H2,20,21,22). The van der Waals surface area contributed by atoms with E-state index in [2.05, 4.69) is 65.5 Å².